The Bertz CT molecular complexity index is 615. The van der Waals surface area contributed by atoms with E-state index in [1.807, 2.05) is 0 Å². The Morgan fingerprint density at radius 1 is 1.10 bits per heavy atom. The molecule has 0 unspecified atom stereocenters. The zero-order valence-electron chi connectivity index (χ0n) is 11.2. The SMILES string of the molecule is O=C(CCc1ccc(F)cc1)NNC(=O)c1cccnc1. The average molecular weight is 287 g/mol. The lowest BCUT2D eigenvalue weighted by Gasteiger charge is -2.07. The minimum absolute atomic E-state index is 0.193. The number of hydrogen-bond acceptors (Lipinski definition) is 3. The molecule has 2 amide bonds. The summed E-state index contributed by atoms with van der Waals surface area (Å²) in [4.78, 5) is 27.1. The lowest BCUT2D eigenvalue weighted by atomic mass is 10.1. The number of carbonyl (C=O) groups is 2. The number of benzene rings is 1. The lowest BCUT2D eigenvalue weighted by molar-refractivity contribution is -0.121. The summed E-state index contributed by atoms with van der Waals surface area (Å²) in [5, 5.41) is 0. The zero-order valence-corrected chi connectivity index (χ0v) is 11.2. The molecule has 0 aliphatic rings. The summed E-state index contributed by atoms with van der Waals surface area (Å²) in [6, 6.07) is 9.15. The van der Waals surface area contributed by atoms with Crippen molar-refractivity contribution in [3.8, 4) is 0 Å². The van der Waals surface area contributed by atoms with Gasteiger partial charge in [0.05, 0.1) is 5.56 Å². The van der Waals surface area contributed by atoms with Crippen molar-refractivity contribution in [1.29, 1.82) is 0 Å². The van der Waals surface area contributed by atoms with Crippen LogP contribution in [0.25, 0.3) is 0 Å². The van der Waals surface area contributed by atoms with Crippen LogP contribution < -0.4 is 10.9 Å². The van der Waals surface area contributed by atoms with E-state index in [1.54, 1.807) is 30.5 Å². The minimum atomic E-state index is -0.432. The molecule has 1 aromatic heterocycles. The first-order valence-electron chi connectivity index (χ1n) is 6.39. The molecule has 0 spiro atoms. The number of hydrazine groups is 1. The first-order valence-corrected chi connectivity index (χ1v) is 6.39. The summed E-state index contributed by atoms with van der Waals surface area (Å²) in [7, 11) is 0. The van der Waals surface area contributed by atoms with Crippen molar-refractivity contribution >= 4 is 11.8 Å². The highest BCUT2D eigenvalue weighted by atomic mass is 19.1. The molecule has 5 nitrogen and oxygen atoms in total. The van der Waals surface area contributed by atoms with Crippen LogP contribution in [0.4, 0.5) is 4.39 Å². The van der Waals surface area contributed by atoms with Gasteiger partial charge in [-0.1, -0.05) is 12.1 Å². The van der Waals surface area contributed by atoms with Gasteiger partial charge < -0.3 is 0 Å². The van der Waals surface area contributed by atoms with Crippen LogP contribution in [0.15, 0.2) is 48.8 Å². The van der Waals surface area contributed by atoms with Crippen LogP contribution in [0.3, 0.4) is 0 Å². The number of nitrogens with one attached hydrogen (secondary N) is 2. The van der Waals surface area contributed by atoms with Gasteiger partial charge in [-0.15, -0.1) is 0 Å². The Morgan fingerprint density at radius 3 is 2.52 bits per heavy atom. The third kappa shape index (κ3) is 4.68. The van der Waals surface area contributed by atoms with Gasteiger partial charge >= 0.3 is 0 Å². The van der Waals surface area contributed by atoms with E-state index in [2.05, 4.69) is 15.8 Å². The van der Waals surface area contributed by atoms with Gasteiger partial charge in [-0.2, -0.15) is 0 Å². The maximum atomic E-state index is 12.7. The highest BCUT2D eigenvalue weighted by Crippen LogP contribution is 2.05. The molecule has 0 saturated carbocycles. The second kappa shape index (κ2) is 7.14. The smallest absolute Gasteiger partial charge is 0.271 e. The fraction of sp³-hybridized carbons (Fsp3) is 0.133. The molecule has 2 N–H and O–H groups in total. The van der Waals surface area contributed by atoms with E-state index >= 15 is 0 Å². The molecule has 0 fully saturated rings. The summed E-state index contributed by atoms with van der Waals surface area (Å²) in [5.41, 5.74) is 5.84. The molecule has 2 aromatic rings. The second-order valence-electron chi connectivity index (χ2n) is 4.37. The fourth-order valence-corrected chi connectivity index (χ4v) is 1.67. The number of rotatable bonds is 4. The van der Waals surface area contributed by atoms with Crippen molar-refractivity contribution in [1.82, 2.24) is 15.8 Å². The van der Waals surface area contributed by atoms with E-state index < -0.39 is 5.91 Å². The lowest BCUT2D eigenvalue weighted by Crippen LogP contribution is -2.41. The van der Waals surface area contributed by atoms with Crippen molar-refractivity contribution in [2.45, 2.75) is 12.8 Å². The molecule has 1 heterocycles. The molecule has 2 rings (SSSR count). The van der Waals surface area contributed by atoms with Crippen LogP contribution in [0.2, 0.25) is 0 Å². The molecule has 0 aliphatic carbocycles. The molecule has 0 bridgehead atoms. The van der Waals surface area contributed by atoms with Crippen molar-refractivity contribution in [2.75, 3.05) is 0 Å². The molecule has 21 heavy (non-hydrogen) atoms. The first kappa shape index (κ1) is 14.6. The Morgan fingerprint density at radius 2 is 1.86 bits per heavy atom. The van der Waals surface area contributed by atoms with Crippen molar-refractivity contribution < 1.29 is 14.0 Å². The predicted molar refractivity (Wildman–Crippen MR) is 74.6 cm³/mol. The average Bonchev–Trinajstić information content (AvgIpc) is 2.53. The summed E-state index contributed by atoms with van der Waals surface area (Å²) in [6.45, 7) is 0. The van der Waals surface area contributed by atoms with Crippen molar-refractivity contribution in [3.05, 3.63) is 65.7 Å². The van der Waals surface area contributed by atoms with E-state index in [-0.39, 0.29) is 18.1 Å². The number of pyridine rings is 1. The van der Waals surface area contributed by atoms with Crippen molar-refractivity contribution in [3.63, 3.8) is 0 Å². The van der Waals surface area contributed by atoms with Gasteiger partial charge in [0.2, 0.25) is 5.91 Å². The van der Waals surface area contributed by atoms with E-state index in [0.717, 1.165) is 5.56 Å². The number of amides is 2. The quantitative estimate of drug-likeness (QED) is 0.839. The molecule has 0 atom stereocenters. The Kier molecular flexibility index (Phi) is 4.98. The standard InChI is InChI=1S/C15H14FN3O2/c16-13-6-3-11(4-7-13)5-8-14(20)18-19-15(21)12-2-1-9-17-10-12/h1-4,6-7,9-10H,5,8H2,(H,18,20)(H,19,21). The highest BCUT2D eigenvalue weighted by Gasteiger charge is 2.07. The number of aromatic nitrogens is 1. The van der Waals surface area contributed by atoms with Gasteiger partial charge in [-0.05, 0) is 36.2 Å². The Balaban J connectivity index is 1.75. The monoisotopic (exact) mass is 287 g/mol. The molecular formula is C15H14FN3O2. The van der Waals surface area contributed by atoms with Gasteiger partial charge in [0.15, 0.2) is 0 Å². The van der Waals surface area contributed by atoms with Gasteiger partial charge in [0, 0.05) is 18.8 Å². The van der Waals surface area contributed by atoms with Crippen LogP contribution in [0, 0.1) is 5.82 Å². The molecule has 6 heteroatoms. The van der Waals surface area contributed by atoms with E-state index in [0.29, 0.717) is 12.0 Å². The Labute approximate surface area is 121 Å². The third-order valence-electron chi connectivity index (χ3n) is 2.79. The van der Waals surface area contributed by atoms with Crippen LogP contribution in [0.5, 0.6) is 0 Å². The number of carbonyl (C=O) groups excluding carboxylic acids is 2. The number of aryl methyl sites for hydroxylation is 1. The zero-order chi connectivity index (χ0) is 15.1. The maximum Gasteiger partial charge on any atom is 0.271 e. The van der Waals surface area contributed by atoms with Gasteiger partial charge in [-0.25, -0.2) is 4.39 Å². The van der Waals surface area contributed by atoms with Crippen LogP contribution in [0.1, 0.15) is 22.3 Å². The van der Waals surface area contributed by atoms with Gasteiger partial charge in [0.25, 0.3) is 5.91 Å². The normalized spacial score (nSPS) is 9.95. The molecule has 108 valence electrons. The molecule has 0 aliphatic heterocycles. The third-order valence-corrected chi connectivity index (χ3v) is 2.79. The van der Waals surface area contributed by atoms with E-state index in [4.69, 9.17) is 0 Å². The topological polar surface area (TPSA) is 71.1 Å². The summed E-state index contributed by atoms with van der Waals surface area (Å²) in [6.07, 6.45) is 3.62. The summed E-state index contributed by atoms with van der Waals surface area (Å²) >= 11 is 0. The van der Waals surface area contributed by atoms with E-state index in [1.165, 1.54) is 18.3 Å². The second-order valence-corrected chi connectivity index (χ2v) is 4.37. The van der Waals surface area contributed by atoms with Crippen LogP contribution >= 0.6 is 0 Å². The number of nitrogens with zero attached hydrogens (tertiary/aromatic N) is 1. The number of hydrogen-bond donors (Lipinski definition) is 2. The maximum absolute atomic E-state index is 12.7. The van der Waals surface area contributed by atoms with Crippen LogP contribution in [-0.2, 0) is 11.2 Å². The molecule has 1 aromatic carbocycles. The van der Waals surface area contributed by atoms with Gasteiger partial charge in [0.1, 0.15) is 5.82 Å². The number of halogens is 1. The molecular weight excluding hydrogens is 273 g/mol. The molecule has 0 saturated heterocycles. The minimum Gasteiger partial charge on any atom is -0.273 e. The van der Waals surface area contributed by atoms with Crippen LogP contribution in [-0.4, -0.2) is 16.8 Å². The van der Waals surface area contributed by atoms with Crippen molar-refractivity contribution in [2.24, 2.45) is 0 Å². The summed E-state index contributed by atoms with van der Waals surface area (Å²) < 4.78 is 12.7. The Hall–Kier alpha value is -2.76. The van der Waals surface area contributed by atoms with E-state index in [9.17, 15) is 14.0 Å². The molecule has 0 radical (unpaired) electrons. The van der Waals surface area contributed by atoms with Gasteiger partial charge in [-0.3, -0.25) is 25.4 Å². The summed E-state index contributed by atoms with van der Waals surface area (Å²) in [5.74, 6) is -1.07. The first-order chi connectivity index (χ1) is 10.1. The largest absolute Gasteiger partial charge is 0.273 e. The highest BCUT2D eigenvalue weighted by molar-refractivity contribution is 5.95. The fourth-order valence-electron chi connectivity index (χ4n) is 1.67. The predicted octanol–water partition coefficient (Wildman–Crippen LogP) is 1.61.